The van der Waals surface area contributed by atoms with Gasteiger partial charge in [0.1, 0.15) is 17.4 Å². The molecule has 1 N–H and O–H groups in total. The van der Waals surface area contributed by atoms with E-state index in [4.69, 9.17) is 9.72 Å². The molecule has 0 aliphatic carbocycles. The van der Waals surface area contributed by atoms with E-state index in [0.29, 0.717) is 29.2 Å². The fraction of sp³-hybridized carbons (Fsp3) is 0.320. The maximum absolute atomic E-state index is 13.3. The number of para-hydroxylation sites is 2. The number of benzene rings is 2. The van der Waals surface area contributed by atoms with Crippen molar-refractivity contribution in [2.45, 2.75) is 38.8 Å². The van der Waals surface area contributed by atoms with E-state index < -0.39 is 0 Å². The second-order valence-corrected chi connectivity index (χ2v) is 7.99. The Balaban J connectivity index is 1.52. The topological polar surface area (TPSA) is 67.3 Å². The Kier molecular flexibility index (Phi) is 6.75. The number of amides is 1. The first-order chi connectivity index (χ1) is 15.5. The van der Waals surface area contributed by atoms with E-state index in [0.717, 1.165) is 37.2 Å². The number of carbonyl (C=O) groups excluding carboxylic acids is 1. The van der Waals surface area contributed by atoms with E-state index in [-0.39, 0.29) is 17.8 Å². The van der Waals surface area contributed by atoms with Crippen LogP contribution in [0.5, 0.6) is 5.75 Å². The van der Waals surface area contributed by atoms with Gasteiger partial charge in [0, 0.05) is 12.7 Å². The molecule has 0 radical (unpaired) electrons. The molecule has 7 heteroatoms. The van der Waals surface area contributed by atoms with Crippen LogP contribution in [0.15, 0.2) is 54.7 Å². The average Bonchev–Trinajstić information content (AvgIpc) is 2.81. The van der Waals surface area contributed by atoms with Gasteiger partial charge < -0.3 is 10.1 Å². The molecule has 1 amide bonds. The minimum atomic E-state index is -0.273. The van der Waals surface area contributed by atoms with Crippen LogP contribution in [0.3, 0.4) is 0 Å². The van der Waals surface area contributed by atoms with Crippen LogP contribution in [-0.2, 0) is 6.54 Å². The molecule has 32 heavy (non-hydrogen) atoms. The smallest absolute Gasteiger partial charge is 0.259 e. The molecule has 1 aliphatic heterocycles. The van der Waals surface area contributed by atoms with Crippen LogP contribution in [-0.4, -0.2) is 34.4 Å². The molecule has 0 bridgehead atoms. The Morgan fingerprint density at radius 1 is 1.19 bits per heavy atom. The second kappa shape index (κ2) is 9.87. The highest BCUT2D eigenvalue weighted by molar-refractivity contribution is 6.05. The quantitative estimate of drug-likeness (QED) is 0.597. The highest BCUT2D eigenvalue weighted by Gasteiger charge is 2.27. The van der Waals surface area contributed by atoms with Gasteiger partial charge in [-0.2, -0.15) is 0 Å². The molecule has 0 saturated carbocycles. The zero-order valence-corrected chi connectivity index (χ0v) is 18.3. The second-order valence-electron chi connectivity index (χ2n) is 7.99. The van der Waals surface area contributed by atoms with Crippen LogP contribution < -0.4 is 10.1 Å². The lowest BCUT2D eigenvalue weighted by Gasteiger charge is -2.34. The van der Waals surface area contributed by atoms with Crippen molar-refractivity contribution in [3.63, 3.8) is 0 Å². The minimum absolute atomic E-state index is 0.0684. The lowest BCUT2D eigenvalue weighted by molar-refractivity contribution is 0.102. The summed E-state index contributed by atoms with van der Waals surface area (Å²) in [5.41, 5.74) is 2.72. The van der Waals surface area contributed by atoms with Crippen molar-refractivity contribution in [3.05, 3.63) is 83.2 Å². The highest BCUT2D eigenvalue weighted by Crippen LogP contribution is 2.31. The Morgan fingerprint density at radius 2 is 1.97 bits per heavy atom. The first-order valence-electron chi connectivity index (χ1n) is 10.8. The molecule has 1 aliphatic rings. The van der Waals surface area contributed by atoms with Crippen molar-refractivity contribution in [2.75, 3.05) is 19.0 Å². The fourth-order valence-electron chi connectivity index (χ4n) is 4.10. The number of methoxy groups -OCH3 is 1. The number of aryl methyl sites for hydroxylation is 1. The lowest BCUT2D eigenvalue weighted by atomic mass is 10.00. The van der Waals surface area contributed by atoms with Gasteiger partial charge >= 0.3 is 0 Å². The molecule has 1 aromatic heterocycles. The third kappa shape index (κ3) is 4.94. The molecule has 166 valence electrons. The highest BCUT2D eigenvalue weighted by atomic mass is 19.1. The molecule has 0 spiro atoms. The van der Waals surface area contributed by atoms with Crippen LogP contribution >= 0.6 is 0 Å². The van der Waals surface area contributed by atoms with Crippen LogP contribution in [0.2, 0.25) is 0 Å². The van der Waals surface area contributed by atoms with Gasteiger partial charge in [-0.25, -0.2) is 14.4 Å². The summed E-state index contributed by atoms with van der Waals surface area (Å²) >= 11 is 0. The van der Waals surface area contributed by atoms with E-state index in [2.05, 4.69) is 15.2 Å². The molecule has 2 heterocycles. The summed E-state index contributed by atoms with van der Waals surface area (Å²) in [5, 5.41) is 2.88. The number of halogens is 1. The van der Waals surface area contributed by atoms with E-state index >= 15 is 0 Å². The van der Waals surface area contributed by atoms with Gasteiger partial charge in [0.25, 0.3) is 5.91 Å². The summed E-state index contributed by atoms with van der Waals surface area (Å²) in [6.07, 6.45) is 4.76. The maximum Gasteiger partial charge on any atom is 0.259 e. The number of nitrogens with one attached hydrogen (secondary N) is 1. The number of hydrogen-bond donors (Lipinski definition) is 1. The van der Waals surface area contributed by atoms with Crippen LogP contribution in [0, 0.1) is 12.7 Å². The van der Waals surface area contributed by atoms with Crippen molar-refractivity contribution in [1.82, 2.24) is 14.9 Å². The Hall–Kier alpha value is -3.32. The fourth-order valence-corrected chi connectivity index (χ4v) is 4.10. The molecule has 3 aromatic rings. The van der Waals surface area contributed by atoms with Gasteiger partial charge in [0.2, 0.25) is 0 Å². The number of nitrogens with zero attached hydrogens (tertiary/aromatic N) is 3. The summed E-state index contributed by atoms with van der Waals surface area (Å²) in [7, 11) is 1.57. The van der Waals surface area contributed by atoms with E-state index in [1.54, 1.807) is 25.4 Å². The van der Waals surface area contributed by atoms with Crippen molar-refractivity contribution < 1.29 is 13.9 Å². The van der Waals surface area contributed by atoms with E-state index in [9.17, 15) is 9.18 Å². The van der Waals surface area contributed by atoms with Crippen LogP contribution in [0.4, 0.5) is 10.1 Å². The van der Waals surface area contributed by atoms with Crippen LogP contribution in [0.25, 0.3) is 0 Å². The molecule has 1 saturated heterocycles. The summed E-state index contributed by atoms with van der Waals surface area (Å²) in [6.45, 7) is 3.47. The number of hydrogen-bond acceptors (Lipinski definition) is 5. The largest absolute Gasteiger partial charge is 0.495 e. The molecule has 2 aromatic carbocycles. The standard InChI is InChI=1S/C25H27FN4O2/c1-17-20(25(31)29-21-7-3-4-9-23(21)32-2)15-27-24(28-17)22-8-5-6-14-30(22)16-18-10-12-19(26)13-11-18/h3-4,7,9-13,15,22H,5-6,8,14,16H2,1-2H3,(H,29,31)/t22-/m1/s1. The average molecular weight is 435 g/mol. The molecule has 4 rings (SSSR count). The van der Waals surface area contributed by atoms with Crippen molar-refractivity contribution in [2.24, 2.45) is 0 Å². The summed E-state index contributed by atoms with van der Waals surface area (Å²) < 4.78 is 18.6. The van der Waals surface area contributed by atoms with Gasteiger partial charge in [0.15, 0.2) is 0 Å². The molecular weight excluding hydrogens is 407 g/mol. The molecule has 1 atom stereocenters. The Morgan fingerprint density at radius 3 is 2.72 bits per heavy atom. The summed E-state index contributed by atoms with van der Waals surface area (Å²) in [6, 6.07) is 13.9. The number of rotatable bonds is 6. The predicted octanol–water partition coefficient (Wildman–Crippen LogP) is 4.91. The van der Waals surface area contributed by atoms with Gasteiger partial charge in [-0.15, -0.1) is 0 Å². The van der Waals surface area contributed by atoms with Crippen molar-refractivity contribution >= 4 is 11.6 Å². The number of aromatic nitrogens is 2. The lowest BCUT2D eigenvalue weighted by Crippen LogP contribution is -2.34. The normalized spacial score (nSPS) is 16.5. The first-order valence-corrected chi connectivity index (χ1v) is 10.8. The van der Waals surface area contributed by atoms with Crippen molar-refractivity contribution in [1.29, 1.82) is 0 Å². The number of ether oxygens (including phenoxy) is 1. The molecule has 6 nitrogen and oxygen atoms in total. The number of likely N-dealkylation sites (tertiary alicyclic amines) is 1. The van der Waals surface area contributed by atoms with E-state index in [1.807, 2.05) is 31.2 Å². The van der Waals surface area contributed by atoms with E-state index in [1.165, 1.54) is 12.1 Å². The molecule has 1 fully saturated rings. The maximum atomic E-state index is 13.3. The molecular formula is C25H27FN4O2. The van der Waals surface area contributed by atoms with Gasteiger partial charge in [-0.1, -0.05) is 30.7 Å². The SMILES string of the molecule is COc1ccccc1NC(=O)c1cnc([C@H]2CCCCN2Cc2ccc(F)cc2)nc1C. The van der Waals surface area contributed by atoms with Gasteiger partial charge in [-0.05, 0) is 56.1 Å². The predicted molar refractivity (Wildman–Crippen MR) is 121 cm³/mol. The zero-order valence-electron chi connectivity index (χ0n) is 18.3. The molecule has 0 unspecified atom stereocenters. The van der Waals surface area contributed by atoms with Crippen LogP contribution in [0.1, 0.15) is 52.7 Å². The number of carbonyl (C=O) groups is 1. The Labute approximate surface area is 187 Å². The van der Waals surface area contributed by atoms with Gasteiger partial charge in [-0.3, -0.25) is 9.69 Å². The summed E-state index contributed by atoms with van der Waals surface area (Å²) in [5.74, 6) is 0.808. The third-order valence-electron chi connectivity index (χ3n) is 5.81. The third-order valence-corrected chi connectivity index (χ3v) is 5.81. The van der Waals surface area contributed by atoms with Crippen molar-refractivity contribution in [3.8, 4) is 5.75 Å². The number of piperidine rings is 1. The monoisotopic (exact) mass is 434 g/mol. The number of anilines is 1. The Bertz CT molecular complexity index is 1090. The minimum Gasteiger partial charge on any atom is -0.495 e. The van der Waals surface area contributed by atoms with Gasteiger partial charge in [0.05, 0.1) is 30.1 Å². The summed E-state index contributed by atoms with van der Waals surface area (Å²) in [4.78, 5) is 24.4. The zero-order chi connectivity index (χ0) is 22.5. The first kappa shape index (κ1) is 21.9.